The van der Waals surface area contributed by atoms with Crippen molar-refractivity contribution in [3.8, 4) is 5.88 Å². The summed E-state index contributed by atoms with van der Waals surface area (Å²) in [6, 6.07) is 7.49. The first-order valence-corrected chi connectivity index (χ1v) is 5.83. The predicted molar refractivity (Wildman–Crippen MR) is 71.8 cm³/mol. The molecule has 2 N–H and O–H groups in total. The number of methoxy groups -OCH3 is 1. The molecule has 0 amide bonds. The summed E-state index contributed by atoms with van der Waals surface area (Å²) >= 11 is 0. The molecule has 3 heterocycles. The van der Waals surface area contributed by atoms with E-state index in [-0.39, 0.29) is 0 Å². The molecule has 0 aromatic carbocycles. The van der Waals surface area contributed by atoms with Crippen LogP contribution in [0.5, 0.6) is 5.88 Å². The third kappa shape index (κ3) is 2.08. The van der Waals surface area contributed by atoms with Crippen molar-refractivity contribution in [1.29, 1.82) is 0 Å². The lowest BCUT2D eigenvalue weighted by Crippen LogP contribution is -2.05. The molecule has 0 aliphatic carbocycles. The Bertz CT molecular complexity index is 705. The van der Waals surface area contributed by atoms with Gasteiger partial charge in [0.15, 0.2) is 5.65 Å². The van der Waals surface area contributed by atoms with Gasteiger partial charge in [0.05, 0.1) is 13.7 Å². The fraction of sp³-hybridized carbons (Fsp3) is 0.154. The summed E-state index contributed by atoms with van der Waals surface area (Å²) in [5, 5.41) is 0. The number of nitrogen functional groups attached to an aromatic ring is 1. The number of hydrogen-bond donors (Lipinski definition) is 1. The van der Waals surface area contributed by atoms with Crippen molar-refractivity contribution in [2.24, 2.45) is 0 Å². The SMILES string of the molecule is COc1ccc(Cn2c(N)nc3cccnc32)cn1. The van der Waals surface area contributed by atoms with Crippen LogP contribution in [0, 0.1) is 0 Å². The van der Waals surface area contributed by atoms with E-state index in [9.17, 15) is 0 Å². The van der Waals surface area contributed by atoms with Crippen LogP contribution in [0.4, 0.5) is 5.95 Å². The summed E-state index contributed by atoms with van der Waals surface area (Å²) in [4.78, 5) is 12.8. The minimum atomic E-state index is 0.449. The molecule has 0 saturated carbocycles. The Morgan fingerprint density at radius 2 is 2.16 bits per heavy atom. The van der Waals surface area contributed by atoms with Crippen LogP contribution in [0.1, 0.15) is 5.56 Å². The van der Waals surface area contributed by atoms with Gasteiger partial charge < -0.3 is 10.5 Å². The molecule has 6 heteroatoms. The first-order chi connectivity index (χ1) is 9.28. The Balaban J connectivity index is 1.98. The fourth-order valence-electron chi connectivity index (χ4n) is 1.94. The Labute approximate surface area is 109 Å². The molecule has 3 rings (SSSR count). The van der Waals surface area contributed by atoms with E-state index in [2.05, 4.69) is 15.0 Å². The van der Waals surface area contributed by atoms with Gasteiger partial charge in [0.2, 0.25) is 11.8 Å². The normalized spacial score (nSPS) is 10.8. The standard InChI is InChI=1S/C13H13N5O/c1-19-11-5-4-9(7-16-11)8-18-12-10(17-13(18)14)3-2-6-15-12/h2-7H,8H2,1H3,(H2,14,17). The Morgan fingerprint density at radius 3 is 2.89 bits per heavy atom. The second kappa shape index (κ2) is 4.56. The van der Waals surface area contributed by atoms with Gasteiger partial charge in [-0.1, -0.05) is 6.07 Å². The summed E-state index contributed by atoms with van der Waals surface area (Å²) in [7, 11) is 1.59. The third-order valence-electron chi connectivity index (χ3n) is 2.88. The summed E-state index contributed by atoms with van der Waals surface area (Å²) < 4.78 is 6.89. The average molecular weight is 255 g/mol. The number of anilines is 1. The topological polar surface area (TPSA) is 78.9 Å². The number of nitrogens with two attached hydrogens (primary N) is 1. The van der Waals surface area contributed by atoms with Crippen LogP contribution < -0.4 is 10.5 Å². The van der Waals surface area contributed by atoms with Crippen LogP contribution in [0.15, 0.2) is 36.7 Å². The van der Waals surface area contributed by atoms with Crippen molar-refractivity contribution in [2.75, 3.05) is 12.8 Å². The Morgan fingerprint density at radius 1 is 1.26 bits per heavy atom. The van der Waals surface area contributed by atoms with E-state index in [1.807, 2.05) is 28.8 Å². The van der Waals surface area contributed by atoms with E-state index in [0.717, 1.165) is 16.7 Å². The number of nitrogens with zero attached hydrogens (tertiary/aromatic N) is 4. The molecule has 0 aliphatic heterocycles. The van der Waals surface area contributed by atoms with E-state index in [0.29, 0.717) is 18.4 Å². The van der Waals surface area contributed by atoms with Crippen molar-refractivity contribution in [3.05, 3.63) is 42.2 Å². The molecule has 0 saturated heterocycles. The summed E-state index contributed by atoms with van der Waals surface area (Å²) in [5.74, 6) is 1.04. The van der Waals surface area contributed by atoms with Crippen molar-refractivity contribution >= 4 is 17.1 Å². The number of ether oxygens (including phenoxy) is 1. The minimum absolute atomic E-state index is 0.449. The fourth-order valence-corrected chi connectivity index (χ4v) is 1.94. The number of hydrogen-bond acceptors (Lipinski definition) is 5. The Kier molecular flexibility index (Phi) is 2.75. The Hall–Kier alpha value is -2.63. The van der Waals surface area contributed by atoms with Gasteiger partial charge in [0, 0.05) is 18.5 Å². The zero-order valence-corrected chi connectivity index (χ0v) is 10.4. The highest BCUT2D eigenvalue weighted by Gasteiger charge is 2.09. The van der Waals surface area contributed by atoms with Crippen molar-refractivity contribution < 1.29 is 4.74 Å². The van der Waals surface area contributed by atoms with Crippen molar-refractivity contribution in [2.45, 2.75) is 6.54 Å². The lowest BCUT2D eigenvalue weighted by Gasteiger charge is -2.06. The molecule has 19 heavy (non-hydrogen) atoms. The van der Waals surface area contributed by atoms with Gasteiger partial charge >= 0.3 is 0 Å². The summed E-state index contributed by atoms with van der Waals surface area (Å²) in [5.41, 5.74) is 8.50. The maximum absolute atomic E-state index is 5.92. The number of fused-ring (bicyclic) bond motifs is 1. The van der Waals surface area contributed by atoms with Gasteiger partial charge in [-0.2, -0.15) is 0 Å². The van der Waals surface area contributed by atoms with Gasteiger partial charge in [0.1, 0.15) is 5.52 Å². The second-order valence-electron chi connectivity index (χ2n) is 4.11. The molecule has 0 aliphatic rings. The van der Waals surface area contributed by atoms with Crippen molar-refractivity contribution in [1.82, 2.24) is 19.5 Å². The average Bonchev–Trinajstić information content (AvgIpc) is 2.76. The molecule has 3 aromatic heterocycles. The number of imidazole rings is 1. The van der Waals surface area contributed by atoms with E-state index in [1.54, 1.807) is 19.5 Å². The molecular formula is C13H13N5O. The van der Waals surface area contributed by atoms with E-state index < -0.39 is 0 Å². The van der Waals surface area contributed by atoms with Crippen molar-refractivity contribution in [3.63, 3.8) is 0 Å². The smallest absolute Gasteiger partial charge is 0.212 e. The van der Waals surface area contributed by atoms with Gasteiger partial charge in [0.25, 0.3) is 0 Å². The summed E-state index contributed by atoms with van der Waals surface area (Å²) in [6.45, 7) is 0.580. The zero-order valence-electron chi connectivity index (χ0n) is 10.4. The van der Waals surface area contributed by atoms with Crippen LogP contribution in [0.2, 0.25) is 0 Å². The minimum Gasteiger partial charge on any atom is -0.481 e. The van der Waals surface area contributed by atoms with Crippen LogP contribution >= 0.6 is 0 Å². The lowest BCUT2D eigenvalue weighted by molar-refractivity contribution is 0.397. The number of aromatic nitrogens is 4. The monoisotopic (exact) mass is 255 g/mol. The van der Waals surface area contributed by atoms with Crippen LogP contribution in [0.3, 0.4) is 0 Å². The summed E-state index contributed by atoms with van der Waals surface area (Å²) in [6.07, 6.45) is 3.49. The molecule has 0 radical (unpaired) electrons. The van der Waals surface area contributed by atoms with Gasteiger partial charge in [-0.05, 0) is 17.7 Å². The lowest BCUT2D eigenvalue weighted by atomic mass is 10.3. The molecule has 0 atom stereocenters. The molecule has 0 bridgehead atoms. The highest BCUT2D eigenvalue weighted by molar-refractivity contribution is 5.73. The quantitative estimate of drug-likeness (QED) is 0.766. The number of pyridine rings is 2. The van der Waals surface area contributed by atoms with Gasteiger partial charge in [-0.3, -0.25) is 4.57 Å². The van der Waals surface area contributed by atoms with Crippen LogP contribution in [-0.2, 0) is 6.54 Å². The van der Waals surface area contributed by atoms with Crippen LogP contribution in [-0.4, -0.2) is 26.6 Å². The van der Waals surface area contributed by atoms with E-state index in [1.165, 1.54) is 0 Å². The predicted octanol–water partition coefficient (Wildman–Crippen LogP) is 1.47. The highest BCUT2D eigenvalue weighted by Crippen LogP contribution is 2.17. The third-order valence-corrected chi connectivity index (χ3v) is 2.88. The van der Waals surface area contributed by atoms with E-state index >= 15 is 0 Å². The van der Waals surface area contributed by atoms with Gasteiger partial charge in [-0.15, -0.1) is 0 Å². The molecule has 0 fully saturated rings. The molecule has 6 nitrogen and oxygen atoms in total. The first kappa shape index (κ1) is 11.5. The maximum atomic E-state index is 5.92. The molecule has 0 unspecified atom stereocenters. The largest absolute Gasteiger partial charge is 0.481 e. The molecule has 3 aromatic rings. The van der Waals surface area contributed by atoms with Gasteiger partial charge in [-0.25, -0.2) is 15.0 Å². The number of rotatable bonds is 3. The maximum Gasteiger partial charge on any atom is 0.212 e. The molecular weight excluding hydrogens is 242 g/mol. The zero-order chi connectivity index (χ0) is 13.2. The second-order valence-corrected chi connectivity index (χ2v) is 4.11. The molecule has 96 valence electrons. The highest BCUT2D eigenvalue weighted by atomic mass is 16.5. The first-order valence-electron chi connectivity index (χ1n) is 5.83. The molecule has 0 spiro atoms. The van der Waals surface area contributed by atoms with Crippen LogP contribution in [0.25, 0.3) is 11.2 Å². The van der Waals surface area contributed by atoms with E-state index in [4.69, 9.17) is 10.5 Å².